The Labute approximate surface area is 102 Å². The summed E-state index contributed by atoms with van der Waals surface area (Å²) in [6.07, 6.45) is 1.83. The van der Waals surface area contributed by atoms with Gasteiger partial charge in [-0.1, -0.05) is 13.8 Å². The molecule has 1 aromatic carbocycles. The number of amides is 2. The third kappa shape index (κ3) is 3.98. The van der Waals surface area contributed by atoms with Gasteiger partial charge in [0, 0.05) is 11.7 Å². The normalized spacial score (nSPS) is 10.4. The molecule has 3 N–H and O–H groups in total. The highest BCUT2D eigenvalue weighted by atomic mass is 16.3. The second-order valence-electron chi connectivity index (χ2n) is 4.11. The molecule has 0 fully saturated rings. The number of hydrogen-bond donors (Lipinski definition) is 3. The van der Waals surface area contributed by atoms with Gasteiger partial charge in [-0.3, -0.25) is 0 Å². The number of urea groups is 1. The molecule has 4 nitrogen and oxygen atoms in total. The minimum atomic E-state index is -0.201. The molecule has 94 valence electrons. The van der Waals surface area contributed by atoms with E-state index in [2.05, 4.69) is 10.6 Å². The summed E-state index contributed by atoms with van der Waals surface area (Å²) in [6.45, 7) is 5.92. The second kappa shape index (κ2) is 6.13. The summed E-state index contributed by atoms with van der Waals surface area (Å²) in [6, 6.07) is 4.86. The molecule has 4 heteroatoms. The fourth-order valence-electron chi connectivity index (χ4n) is 1.62. The number of benzene rings is 1. The number of rotatable bonds is 4. The van der Waals surface area contributed by atoms with E-state index in [0.717, 1.165) is 18.4 Å². The van der Waals surface area contributed by atoms with Crippen LogP contribution in [0.1, 0.15) is 32.3 Å². The lowest BCUT2D eigenvalue weighted by molar-refractivity contribution is 0.247. The molecule has 0 unspecified atom stereocenters. The fraction of sp³-hybridized carbons (Fsp3) is 0.462. The number of nitrogens with one attached hydrogen (secondary N) is 2. The van der Waals surface area contributed by atoms with E-state index in [1.165, 1.54) is 0 Å². The average Bonchev–Trinajstić information content (AvgIpc) is 2.29. The van der Waals surface area contributed by atoms with Gasteiger partial charge in [0.05, 0.1) is 0 Å². The van der Waals surface area contributed by atoms with Gasteiger partial charge in [-0.15, -0.1) is 0 Å². The zero-order chi connectivity index (χ0) is 12.8. The van der Waals surface area contributed by atoms with Gasteiger partial charge in [0.25, 0.3) is 0 Å². The van der Waals surface area contributed by atoms with Crippen molar-refractivity contribution in [2.24, 2.45) is 0 Å². The Morgan fingerprint density at radius 3 is 2.53 bits per heavy atom. The van der Waals surface area contributed by atoms with E-state index in [0.29, 0.717) is 5.69 Å². The molecule has 0 radical (unpaired) electrons. The van der Waals surface area contributed by atoms with Crippen LogP contribution in [0, 0.1) is 6.92 Å². The number of phenols is 1. The quantitative estimate of drug-likeness (QED) is 0.704. The first-order chi connectivity index (χ1) is 8.06. The van der Waals surface area contributed by atoms with Crippen molar-refractivity contribution < 1.29 is 9.90 Å². The number of anilines is 1. The first-order valence-electron chi connectivity index (χ1n) is 5.94. The Balaban J connectivity index is 2.62. The van der Waals surface area contributed by atoms with Crippen molar-refractivity contribution in [2.75, 3.05) is 5.32 Å². The van der Waals surface area contributed by atoms with Crippen LogP contribution in [0.15, 0.2) is 18.2 Å². The molecule has 0 bridgehead atoms. The lowest BCUT2D eigenvalue weighted by atomic mass is 10.2. The largest absolute Gasteiger partial charge is 0.508 e. The third-order valence-electron chi connectivity index (χ3n) is 2.78. The van der Waals surface area contributed by atoms with E-state index in [4.69, 9.17) is 0 Å². The van der Waals surface area contributed by atoms with E-state index in [-0.39, 0.29) is 17.8 Å². The molecule has 0 atom stereocenters. The molecule has 1 aromatic rings. The zero-order valence-corrected chi connectivity index (χ0v) is 10.6. The molecule has 17 heavy (non-hydrogen) atoms. The predicted molar refractivity (Wildman–Crippen MR) is 69.4 cm³/mol. The van der Waals surface area contributed by atoms with Crippen molar-refractivity contribution in [2.45, 2.75) is 39.7 Å². The molecule has 0 saturated carbocycles. The second-order valence-corrected chi connectivity index (χ2v) is 4.11. The Kier molecular flexibility index (Phi) is 4.82. The predicted octanol–water partition coefficient (Wildman–Crippen LogP) is 3.01. The number of phenolic OH excluding ortho intramolecular Hbond substituents is 1. The monoisotopic (exact) mass is 236 g/mol. The van der Waals surface area contributed by atoms with Gasteiger partial charge < -0.3 is 15.7 Å². The molecule has 2 amide bonds. The van der Waals surface area contributed by atoms with Crippen molar-refractivity contribution >= 4 is 11.7 Å². The van der Waals surface area contributed by atoms with Crippen molar-refractivity contribution in [3.63, 3.8) is 0 Å². The number of hydrogen-bond acceptors (Lipinski definition) is 2. The number of aryl methyl sites for hydroxylation is 1. The average molecular weight is 236 g/mol. The molecule has 1 rings (SSSR count). The molecule has 0 spiro atoms. The van der Waals surface area contributed by atoms with Crippen LogP contribution in [0.4, 0.5) is 10.5 Å². The highest BCUT2D eigenvalue weighted by Crippen LogP contribution is 2.19. The Morgan fingerprint density at radius 2 is 2.00 bits per heavy atom. The van der Waals surface area contributed by atoms with Gasteiger partial charge in [-0.2, -0.15) is 0 Å². The van der Waals surface area contributed by atoms with Crippen LogP contribution in [0.2, 0.25) is 0 Å². The summed E-state index contributed by atoms with van der Waals surface area (Å²) in [5.41, 5.74) is 1.55. The van der Waals surface area contributed by atoms with Crippen LogP contribution in [0.5, 0.6) is 5.75 Å². The Morgan fingerprint density at radius 1 is 1.35 bits per heavy atom. The lowest BCUT2D eigenvalue weighted by Gasteiger charge is -2.16. The standard InChI is InChI=1S/C13H20N2O2/c1-4-10(5-2)14-13(17)15-12-7-6-11(16)8-9(12)3/h6-8,10,16H,4-5H2,1-3H3,(H2,14,15,17). The Hall–Kier alpha value is -1.71. The van der Waals surface area contributed by atoms with Crippen LogP contribution < -0.4 is 10.6 Å². The van der Waals surface area contributed by atoms with Crippen LogP contribution in [0.3, 0.4) is 0 Å². The summed E-state index contributed by atoms with van der Waals surface area (Å²) < 4.78 is 0. The maximum atomic E-state index is 11.7. The van der Waals surface area contributed by atoms with E-state index in [1.54, 1.807) is 18.2 Å². The minimum absolute atomic E-state index is 0.201. The maximum absolute atomic E-state index is 11.7. The van der Waals surface area contributed by atoms with Crippen LogP contribution in [0.25, 0.3) is 0 Å². The molecule has 0 aromatic heterocycles. The zero-order valence-electron chi connectivity index (χ0n) is 10.6. The summed E-state index contributed by atoms with van der Waals surface area (Å²) in [5.74, 6) is 0.202. The van der Waals surface area contributed by atoms with Gasteiger partial charge in [0.1, 0.15) is 5.75 Å². The summed E-state index contributed by atoms with van der Waals surface area (Å²) in [7, 11) is 0. The first kappa shape index (κ1) is 13.4. The van der Waals surface area contributed by atoms with Gasteiger partial charge in [-0.25, -0.2) is 4.79 Å². The molecular weight excluding hydrogens is 216 g/mol. The number of carbonyl (C=O) groups excluding carboxylic acids is 1. The van der Waals surface area contributed by atoms with Crippen LogP contribution >= 0.6 is 0 Å². The maximum Gasteiger partial charge on any atom is 0.319 e. The third-order valence-corrected chi connectivity index (χ3v) is 2.78. The van der Waals surface area contributed by atoms with E-state index in [9.17, 15) is 9.90 Å². The van der Waals surface area contributed by atoms with E-state index < -0.39 is 0 Å². The van der Waals surface area contributed by atoms with Crippen molar-refractivity contribution in [1.82, 2.24) is 5.32 Å². The van der Waals surface area contributed by atoms with Gasteiger partial charge in [0.2, 0.25) is 0 Å². The molecule has 0 aliphatic rings. The van der Waals surface area contributed by atoms with Crippen molar-refractivity contribution in [3.05, 3.63) is 23.8 Å². The highest BCUT2D eigenvalue weighted by Gasteiger charge is 2.09. The van der Waals surface area contributed by atoms with Gasteiger partial charge in [0.15, 0.2) is 0 Å². The molecule has 0 aliphatic carbocycles. The fourth-order valence-corrected chi connectivity index (χ4v) is 1.62. The van der Waals surface area contributed by atoms with E-state index >= 15 is 0 Å². The van der Waals surface area contributed by atoms with Crippen molar-refractivity contribution in [1.29, 1.82) is 0 Å². The van der Waals surface area contributed by atoms with Crippen LogP contribution in [-0.4, -0.2) is 17.2 Å². The summed E-state index contributed by atoms with van der Waals surface area (Å²) >= 11 is 0. The van der Waals surface area contributed by atoms with Crippen LogP contribution in [-0.2, 0) is 0 Å². The molecule has 0 saturated heterocycles. The first-order valence-corrected chi connectivity index (χ1v) is 5.94. The Bertz CT molecular complexity index is 387. The summed E-state index contributed by atoms with van der Waals surface area (Å²) in [5, 5.41) is 14.9. The summed E-state index contributed by atoms with van der Waals surface area (Å²) in [4.78, 5) is 11.7. The smallest absolute Gasteiger partial charge is 0.319 e. The highest BCUT2D eigenvalue weighted by molar-refractivity contribution is 5.90. The SMILES string of the molecule is CCC(CC)NC(=O)Nc1ccc(O)cc1C. The number of aromatic hydroxyl groups is 1. The molecule has 0 aliphatic heterocycles. The number of carbonyl (C=O) groups is 1. The van der Waals surface area contributed by atoms with Gasteiger partial charge >= 0.3 is 6.03 Å². The lowest BCUT2D eigenvalue weighted by Crippen LogP contribution is -2.37. The van der Waals surface area contributed by atoms with E-state index in [1.807, 2.05) is 20.8 Å². The molecular formula is C13H20N2O2. The minimum Gasteiger partial charge on any atom is -0.508 e. The van der Waals surface area contributed by atoms with Gasteiger partial charge in [-0.05, 0) is 43.5 Å². The molecule has 0 heterocycles. The topological polar surface area (TPSA) is 61.4 Å². The van der Waals surface area contributed by atoms with Crippen molar-refractivity contribution in [3.8, 4) is 5.75 Å².